The van der Waals surface area contributed by atoms with Crippen molar-refractivity contribution in [1.82, 2.24) is 0 Å². The van der Waals surface area contributed by atoms with Crippen LogP contribution in [0.2, 0.25) is 0 Å². The Balaban J connectivity index is 0. The molecular weight excluding hydrogens is 254 g/mol. The number of carboxylic acids is 2. The Morgan fingerprint density at radius 2 is 1.56 bits per heavy atom. The maximum Gasteiger partial charge on any atom is 1.00 e. The first-order valence-corrected chi connectivity index (χ1v) is 5.10. The van der Waals surface area contributed by atoms with Crippen LogP contribution in [0.3, 0.4) is 0 Å². The van der Waals surface area contributed by atoms with Gasteiger partial charge in [-0.15, -0.1) is 0 Å². The predicted octanol–water partition coefficient (Wildman–Crippen LogP) is -6.45. The van der Waals surface area contributed by atoms with E-state index in [1.165, 1.54) is 6.07 Å². The minimum absolute atomic E-state index is 0. The fourth-order valence-corrected chi connectivity index (χ4v) is 1.83. The van der Waals surface area contributed by atoms with Gasteiger partial charge in [-0.2, -0.15) is 0 Å². The fourth-order valence-electron chi connectivity index (χ4n) is 1.83. The van der Waals surface area contributed by atoms with Crippen molar-refractivity contribution in [3.8, 4) is 0 Å². The number of carbonyl (C=O) groups excluding carboxylic acids is 2. The number of carbonyl (C=O) groups is 2. The van der Waals surface area contributed by atoms with Crippen molar-refractivity contribution in [3.05, 3.63) is 34.4 Å². The van der Waals surface area contributed by atoms with Crippen LogP contribution in [0.25, 0.3) is 0 Å². The largest absolute Gasteiger partial charge is 1.00 e. The van der Waals surface area contributed by atoms with Gasteiger partial charge in [0.2, 0.25) is 0 Å². The first-order valence-electron chi connectivity index (χ1n) is 5.10. The van der Waals surface area contributed by atoms with Gasteiger partial charge in [0.25, 0.3) is 0 Å². The predicted molar refractivity (Wildman–Crippen MR) is 53.9 cm³/mol. The SMILES string of the molecule is CCc1ccc(C(=O)[O-])c(C(=O)[O-])c1CC.[Na+].[Na+]. The number of benzene rings is 1. The van der Waals surface area contributed by atoms with E-state index in [-0.39, 0.29) is 70.2 Å². The summed E-state index contributed by atoms with van der Waals surface area (Å²) in [5.74, 6) is -2.96. The summed E-state index contributed by atoms with van der Waals surface area (Å²) in [5, 5.41) is 21.8. The molecule has 0 aliphatic carbocycles. The van der Waals surface area contributed by atoms with E-state index in [4.69, 9.17) is 0 Å². The second-order valence-corrected chi connectivity index (χ2v) is 3.41. The molecule has 18 heavy (non-hydrogen) atoms. The van der Waals surface area contributed by atoms with E-state index in [9.17, 15) is 19.8 Å². The van der Waals surface area contributed by atoms with Crippen LogP contribution >= 0.6 is 0 Å². The van der Waals surface area contributed by atoms with Crippen LogP contribution in [0.5, 0.6) is 0 Å². The molecule has 0 atom stereocenters. The Bertz CT molecular complexity index is 444. The summed E-state index contributed by atoms with van der Waals surface area (Å²) in [6, 6.07) is 2.88. The molecule has 0 aliphatic rings. The Kier molecular flexibility index (Phi) is 10.4. The van der Waals surface area contributed by atoms with E-state index in [2.05, 4.69) is 0 Å². The van der Waals surface area contributed by atoms with Crippen molar-refractivity contribution < 1.29 is 78.9 Å². The average molecular weight is 266 g/mol. The number of hydrogen-bond donors (Lipinski definition) is 0. The molecule has 0 spiro atoms. The molecule has 1 rings (SSSR count). The molecule has 0 N–H and O–H groups in total. The quantitative estimate of drug-likeness (QED) is 0.508. The third kappa shape index (κ3) is 4.37. The van der Waals surface area contributed by atoms with Crippen LogP contribution in [0, 0.1) is 0 Å². The molecule has 0 aromatic heterocycles. The summed E-state index contributed by atoms with van der Waals surface area (Å²) in [7, 11) is 0. The topological polar surface area (TPSA) is 80.3 Å². The maximum absolute atomic E-state index is 11.0. The van der Waals surface area contributed by atoms with Gasteiger partial charge in [0.1, 0.15) is 0 Å². The zero-order chi connectivity index (χ0) is 12.3. The Morgan fingerprint density at radius 1 is 1.00 bits per heavy atom. The molecule has 0 saturated carbocycles. The van der Waals surface area contributed by atoms with Gasteiger partial charge in [-0.1, -0.05) is 26.0 Å². The molecule has 1 aromatic carbocycles. The van der Waals surface area contributed by atoms with Gasteiger partial charge in [-0.3, -0.25) is 0 Å². The van der Waals surface area contributed by atoms with E-state index >= 15 is 0 Å². The van der Waals surface area contributed by atoms with Crippen molar-refractivity contribution in [2.75, 3.05) is 0 Å². The molecule has 1 aromatic rings. The van der Waals surface area contributed by atoms with Gasteiger partial charge in [0.05, 0.1) is 11.9 Å². The van der Waals surface area contributed by atoms with Crippen molar-refractivity contribution in [2.45, 2.75) is 26.7 Å². The zero-order valence-electron chi connectivity index (χ0n) is 11.2. The van der Waals surface area contributed by atoms with E-state index < -0.39 is 11.9 Å². The number of aryl methyl sites for hydroxylation is 1. The number of rotatable bonds is 4. The van der Waals surface area contributed by atoms with Crippen molar-refractivity contribution in [3.63, 3.8) is 0 Å². The standard InChI is InChI=1S/C12H14O4.2Na/c1-3-7-5-6-9(11(13)14)10(12(15)16)8(7)4-2;;/h5-6H,3-4H2,1-2H3,(H,13,14)(H,15,16);;/q;2*+1/p-2. The van der Waals surface area contributed by atoms with Crippen LogP contribution in [0.4, 0.5) is 0 Å². The Morgan fingerprint density at radius 3 is 1.89 bits per heavy atom. The van der Waals surface area contributed by atoms with Crippen LogP contribution in [-0.2, 0) is 12.8 Å². The first kappa shape index (κ1) is 20.5. The van der Waals surface area contributed by atoms with Crippen LogP contribution in [-0.4, -0.2) is 11.9 Å². The normalized spacial score (nSPS) is 9.00. The third-order valence-corrected chi connectivity index (χ3v) is 2.57. The summed E-state index contributed by atoms with van der Waals surface area (Å²) in [6.45, 7) is 3.66. The second kappa shape index (κ2) is 9.13. The molecule has 86 valence electrons. The maximum atomic E-state index is 11.0. The van der Waals surface area contributed by atoms with E-state index in [0.29, 0.717) is 18.4 Å². The first-order chi connectivity index (χ1) is 7.52. The molecule has 0 fully saturated rings. The van der Waals surface area contributed by atoms with Gasteiger partial charge in [-0.05, 0) is 24.0 Å². The molecule has 6 heteroatoms. The second-order valence-electron chi connectivity index (χ2n) is 3.41. The fraction of sp³-hybridized carbons (Fsp3) is 0.333. The zero-order valence-corrected chi connectivity index (χ0v) is 15.2. The number of carboxylic acid groups (broad SMARTS) is 2. The summed E-state index contributed by atoms with van der Waals surface area (Å²) in [6.07, 6.45) is 1.10. The molecular formula is C12H12Na2O4. The molecule has 0 saturated heterocycles. The van der Waals surface area contributed by atoms with E-state index in [0.717, 1.165) is 5.56 Å². The monoisotopic (exact) mass is 266 g/mol. The summed E-state index contributed by atoms with van der Waals surface area (Å²) >= 11 is 0. The van der Waals surface area contributed by atoms with Gasteiger partial charge < -0.3 is 19.8 Å². The van der Waals surface area contributed by atoms with Crippen LogP contribution in [0.15, 0.2) is 12.1 Å². The Labute approximate surface area is 150 Å². The minimum Gasteiger partial charge on any atom is -0.545 e. The number of hydrogen-bond acceptors (Lipinski definition) is 4. The van der Waals surface area contributed by atoms with Crippen LogP contribution < -0.4 is 69.3 Å². The molecule has 4 nitrogen and oxygen atoms in total. The van der Waals surface area contributed by atoms with E-state index in [1.54, 1.807) is 13.0 Å². The number of aromatic carboxylic acids is 2. The van der Waals surface area contributed by atoms with Crippen molar-refractivity contribution in [2.24, 2.45) is 0 Å². The van der Waals surface area contributed by atoms with Gasteiger partial charge in [-0.25, -0.2) is 0 Å². The molecule has 0 bridgehead atoms. The Hall–Kier alpha value is 0.160. The molecule has 0 heterocycles. The third-order valence-electron chi connectivity index (χ3n) is 2.57. The van der Waals surface area contributed by atoms with Gasteiger partial charge >= 0.3 is 59.1 Å². The summed E-state index contributed by atoms with van der Waals surface area (Å²) in [5.41, 5.74) is 0.784. The molecule has 0 unspecified atom stereocenters. The molecule has 0 aliphatic heterocycles. The van der Waals surface area contributed by atoms with Crippen molar-refractivity contribution >= 4 is 11.9 Å². The molecule has 0 amide bonds. The average Bonchev–Trinajstić information content (AvgIpc) is 2.26. The van der Waals surface area contributed by atoms with Crippen LogP contribution in [0.1, 0.15) is 45.7 Å². The van der Waals surface area contributed by atoms with Gasteiger partial charge in [0, 0.05) is 11.1 Å². The minimum atomic E-state index is -1.49. The summed E-state index contributed by atoms with van der Waals surface area (Å²) < 4.78 is 0. The van der Waals surface area contributed by atoms with Crippen molar-refractivity contribution in [1.29, 1.82) is 0 Å². The summed E-state index contributed by atoms with van der Waals surface area (Å²) in [4.78, 5) is 21.8. The molecule has 0 radical (unpaired) electrons. The smallest absolute Gasteiger partial charge is 0.545 e. The van der Waals surface area contributed by atoms with E-state index in [1.807, 2.05) is 6.92 Å². The van der Waals surface area contributed by atoms with Gasteiger partial charge in [0.15, 0.2) is 0 Å².